The van der Waals surface area contributed by atoms with Crippen LogP contribution in [0.15, 0.2) is 42.5 Å². The summed E-state index contributed by atoms with van der Waals surface area (Å²) in [6.45, 7) is 7.38. The molecule has 208 valence electrons. The zero-order valence-electron chi connectivity index (χ0n) is 23.5. The third-order valence-electron chi connectivity index (χ3n) is 7.21. The van der Waals surface area contributed by atoms with Crippen molar-refractivity contribution < 1.29 is 18.0 Å². The van der Waals surface area contributed by atoms with Crippen LogP contribution in [0.25, 0.3) is 0 Å². The predicted octanol–water partition coefficient (Wildman–Crippen LogP) is 4.09. The van der Waals surface area contributed by atoms with Crippen LogP contribution in [0.5, 0.6) is 0 Å². The predicted molar refractivity (Wildman–Crippen MR) is 152 cm³/mol. The van der Waals surface area contributed by atoms with Crippen molar-refractivity contribution in [1.82, 2.24) is 14.5 Å². The molecule has 9 heteroatoms. The van der Waals surface area contributed by atoms with E-state index in [1.165, 1.54) is 19.0 Å². The van der Waals surface area contributed by atoms with E-state index in [1.54, 1.807) is 6.07 Å². The Labute approximate surface area is 228 Å². The number of hydrogen-bond donors (Lipinski definition) is 1. The average Bonchev–Trinajstić information content (AvgIpc) is 3.38. The van der Waals surface area contributed by atoms with Gasteiger partial charge in [0.1, 0.15) is 12.6 Å². The fourth-order valence-electron chi connectivity index (χ4n) is 4.87. The Kier molecular flexibility index (Phi) is 9.95. The summed E-state index contributed by atoms with van der Waals surface area (Å²) in [5.41, 5.74) is 4.05. The largest absolute Gasteiger partial charge is 0.352 e. The third-order valence-corrected chi connectivity index (χ3v) is 9.02. The van der Waals surface area contributed by atoms with Gasteiger partial charge in [-0.15, -0.1) is 0 Å². The monoisotopic (exact) mass is 542 g/mol. The van der Waals surface area contributed by atoms with E-state index in [4.69, 9.17) is 0 Å². The number of nitrogens with zero attached hydrogens (tertiary/aromatic N) is 3. The maximum Gasteiger partial charge on any atom is 0.304 e. The fourth-order valence-corrected chi connectivity index (χ4v) is 5.98. The smallest absolute Gasteiger partial charge is 0.304 e. The fraction of sp³-hybridized carbons (Fsp3) is 0.517. The highest BCUT2D eigenvalue weighted by atomic mass is 32.2. The van der Waals surface area contributed by atoms with Crippen molar-refractivity contribution in [1.29, 1.82) is 0 Å². The first-order chi connectivity index (χ1) is 17.9. The standard InChI is InChI=1S/C29H42N4O4S/c1-7-26(29(35)30-25-10-8-9-11-25)32(19-24-16-13-21(2)14-17-24)28(34)20-33(38(36,37)31(5)6)27-18-22(3)12-15-23(27)4/h12-18,25-26H,7-11,19-20H2,1-6H3,(H,30,35)/t26-/m1/s1. The van der Waals surface area contributed by atoms with E-state index in [0.717, 1.165) is 56.5 Å². The lowest BCUT2D eigenvalue weighted by atomic mass is 10.1. The molecule has 0 radical (unpaired) electrons. The van der Waals surface area contributed by atoms with Crippen LogP contribution >= 0.6 is 0 Å². The summed E-state index contributed by atoms with van der Waals surface area (Å²) in [6, 6.07) is 12.8. The summed E-state index contributed by atoms with van der Waals surface area (Å²) < 4.78 is 29.2. The molecule has 1 aliphatic rings. The van der Waals surface area contributed by atoms with E-state index in [9.17, 15) is 18.0 Å². The Morgan fingerprint density at radius 3 is 2.16 bits per heavy atom. The maximum atomic E-state index is 14.0. The number of carbonyl (C=O) groups excluding carboxylic acids is 2. The van der Waals surface area contributed by atoms with Gasteiger partial charge in [0.15, 0.2) is 0 Å². The van der Waals surface area contributed by atoms with E-state index in [1.807, 2.05) is 64.1 Å². The topological polar surface area (TPSA) is 90.0 Å². The minimum absolute atomic E-state index is 0.119. The molecule has 2 aromatic carbocycles. The number of benzene rings is 2. The molecule has 0 bridgehead atoms. The third kappa shape index (κ3) is 7.14. The molecule has 3 rings (SSSR count). The lowest BCUT2D eigenvalue weighted by molar-refractivity contribution is -0.140. The van der Waals surface area contributed by atoms with Gasteiger partial charge in [-0.2, -0.15) is 12.7 Å². The summed E-state index contributed by atoms with van der Waals surface area (Å²) in [4.78, 5) is 29.0. The van der Waals surface area contributed by atoms with Crippen LogP contribution < -0.4 is 9.62 Å². The van der Waals surface area contributed by atoms with Crippen molar-refractivity contribution in [2.45, 2.75) is 78.4 Å². The molecule has 1 aliphatic carbocycles. The molecule has 0 aliphatic heterocycles. The van der Waals surface area contributed by atoms with Gasteiger partial charge in [-0.05, 0) is 62.8 Å². The number of rotatable bonds is 11. The number of aryl methyl sites for hydroxylation is 3. The van der Waals surface area contributed by atoms with Gasteiger partial charge in [-0.1, -0.05) is 61.7 Å². The summed E-state index contributed by atoms with van der Waals surface area (Å²) >= 11 is 0. The van der Waals surface area contributed by atoms with Crippen molar-refractivity contribution in [3.63, 3.8) is 0 Å². The lowest BCUT2D eigenvalue weighted by Crippen LogP contribution is -2.54. The van der Waals surface area contributed by atoms with Gasteiger partial charge in [0.05, 0.1) is 5.69 Å². The Hall–Kier alpha value is -2.91. The van der Waals surface area contributed by atoms with Crippen molar-refractivity contribution in [3.8, 4) is 0 Å². The molecule has 8 nitrogen and oxygen atoms in total. The summed E-state index contributed by atoms with van der Waals surface area (Å²) in [6.07, 6.45) is 4.47. The molecule has 0 saturated heterocycles. The molecule has 1 atom stereocenters. The van der Waals surface area contributed by atoms with E-state index in [-0.39, 0.29) is 18.5 Å². The first kappa shape index (κ1) is 29.6. The molecule has 2 amide bonds. The van der Waals surface area contributed by atoms with Crippen molar-refractivity contribution in [3.05, 3.63) is 64.7 Å². The summed E-state index contributed by atoms with van der Waals surface area (Å²) in [5, 5.41) is 3.14. The summed E-state index contributed by atoms with van der Waals surface area (Å²) in [5.74, 6) is -0.612. The zero-order valence-corrected chi connectivity index (χ0v) is 24.3. The Balaban J connectivity index is 1.99. The molecular weight excluding hydrogens is 500 g/mol. The first-order valence-electron chi connectivity index (χ1n) is 13.4. The van der Waals surface area contributed by atoms with Gasteiger partial charge in [-0.25, -0.2) is 4.31 Å². The van der Waals surface area contributed by atoms with Gasteiger partial charge >= 0.3 is 10.2 Å². The molecule has 0 unspecified atom stereocenters. The van der Waals surface area contributed by atoms with Crippen LogP contribution in [-0.4, -0.2) is 62.2 Å². The SMILES string of the molecule is CC[C@H](C(=O)NC1CCCC1)N(Cc1ccc(C)cc1)C(=O)CN(c1cc(C)ccc1C)S(=O)(=O)N(C)C. The molecular formula is C29H42N4O4S. The van der Waals surface area contributed by atoms with E-state index in [2.05, 4.69) is 5.32 Å². The lowest BCUT2D eigenvalue weighted by Gasteiger charge is -2.34. The van der Waals surface area contributed by atoms with Crippen LogP contribution in [-0.2, 0) is 26.3 Å². The zero-order chi connectivity index (χ0) is 28.0. The van der Waals surface area contributed by atoms with Crippen LogP contribution in [0.3, 0.4) is 0 Å². The second-order valence-electron chi connectivity index (χ2n) is 10.5. The number of anilines is 1. The molecule has 38 heavy (non-hydrogen) atoms. The normalized spacial score (nSPS) is 14.9. The Morgan fingerprint density at radius 1 is 0.974 bits per heavy atom. The highest BCUT2D eigenvalue weighted by molar-refractivity contribution is 7.90. The highest BCUT2D eigenvalue weighted by Crippen LogP contribution is 2.26. The molecule has 0 heterocycles. The van der Waals surface area contributed by atoms with Gasteiger partial charge in [-0.3, -0.25) is 9.59 Å². The first-order valence-corrected chi connectivity index (χ1v) is 14.8. The number of amides is 2. The second kappa shape index (κ2) is 12.8. The number of carbonyl (C=O) groups is 2. The van der Waals surface area contributed by atoms with Gasteiger partial charge in [0.25, 0.3) is 0 Å². The molecule has 0 spiro atoms. The van der Waals surface area contributed by atoms with Crippen LogP contribution in [0.4, 0.5) is 5.69 Å². The van der Waals surface area contributed by atoms with Crippen LogP contribution in [0.1, 0.15) is 61.3 Å². The van der Waals surface area contributed by atoms with Crippen molar-refractivity contribution in [2.75, 3.05) is 24.9 Å². The van der Waals surface area contributed by atoms with E-state index < -0.39 is 28.7 Å². The molecule has 0 aromatic heterocycles. The number of hydrogen-bond acceptors (Lipinski definition) is 4. The van der Waals surface area contributed by atoms with Gasteiger partial charge in [0.2, 0.25) is 11.8 Å². The number of nitrogens with one attached hydrogen (secondary N) is 1. The van der Waals surface area contributed by atoms with Crippen LogP contribution in [0, 0.1) is 20.8 Å². The van der Waals surface area contributed by atoms with Gasteiger partial charge < -0.3 is 10.2 Å². The molecule has 1 fully saturated rings. The van der Waals surface area contributed by atoms with Crippen LogP contribution in [0.2, 0.25) is 0 Å². The molecule has 2 aromatic rings. The minimum Gasteiger partial charge on any atom is -0.352 e. The molecule has 1 saturated carbocycles. The molecule has 1 N–H and O–H groups in total. The van der Waals surface area contributed by atoms with E-state index in [0.29, 0.717) is 12.1 Å². The highest BCUT2D eigenvalue weighted by Gasteiger charge is 2.35. The second-order valence-corrected chi connectivity index (χ2v) is 12.6. The Morgan fingerprint density at radius 2 is 1.58 bits per heavy atom. The Bertz CT molecular complexity index is 1220. The maximum absolute atomic E-state index is 14.0. The summed E-state index contributed by atoms with van der Waals surface area (Å²) in [7, 11) is -1.09. The van der Waals surface area contributed by atoms with Crippen molar-refractivity contribution >= 4 is 27.7 Å². The van der Waals surface area contributed by atoms with Gasteiger partial charge in [0, 0.05) is 26.7 Å². The average molecular weight is 543 g/mol. The minimum atomic E-state index is -3.99. The quantitative estimate of drug-likeness (QED) is 0.463. The van der Waals surface area contributed by atoms with E-state index >= 15 is 0 Å². The van der Waals surface area contributed by atoms with Crippen molar-refractivity contribution in [2.24, 2.45) is 0 Å².